The minimum atomic E-state index is -1.01. The number of benzene rings is 2. The molecule has 114 valence electrons. The summed E-state index contributed by atoms with van der Waals surface area (Å²) in [5.41, 5.74) is 2.95. The summed E-state index contributed by atoms with van der Waals surface area (Å²) in [5, 5.41) is 10.7. The first-order valence-corrected chi connectivity index (χ1v) is 7.20. The van der Waals surface area contributed by atoms with Gasteiger partial charge in [-0.25, -0.2) is 4.79 Å². The Hall–Kier alpha value is -3.14. The van der Waals surface area contributed by atoms with Gasteiger partial charge in [0.1, 0.15) is 11.1 Å². The summed E-state index contributed by atoms with van der Waals surface area (Å²) in [7, 11) is 1.59. The van der Waals surface area contributed by atoms with Crippen molar-refractivity contribution in [2.75, 3.05) is 7.05 Å². The van der Waals surface area contributed by atoms with E-state index in [4.69, 9.17) is 0 Å². The second-order valence-corrected chi connectivity index (χ2v) is 5.04. The van der Waals surface area contributed by atoms with Gasteiger partial charge in [0.25, 0.3) is 0 Å². The lowest BCUT2D eigenvalue weighted by molar-refractivity contribution is 0.0695. The van der Waals surface area contributed by atoms with E-state index in [1.54, 1.807) is 17.8 Å². The molecule has 0 aliphatic heterocycles. The number of pyridine rings is 1. The Morgan fingerprint density at radius 1 is 1.13 bits per heavy atom. The summed E-state index contributed by atoms with van der Waals surface area (Å²) >= 11 is 0. The van der Waals surface area contributed by atoms with Crippen molar-refractivity contribution in [3.8, 4) is 11.1 Å². The summed E-state index contributed by atoms with van der Waals surface area (Å²) < 4.78 is 1.71. The van der Waals surface area contributed by atoms with Crippen molar-refractivity contribution >= 4 is 23.1 Å². The van der Waals surface area contributed by atoms with Crippen LogP contribution in [0.5, 0.6) is 0 Å². The van der Waals surface area contributed by atoms with Gasteiger partial charge in [-0.05, 0) is 11.6 Å². The van der Waals surface area contributed by atoms with Gasteiger partial charge in [-0.3, -0.25) is 4.99 Å². The van der Waals surface area contributed by atoms with Crippen LogP contribution in [0.4, 0.5) is 0 Å². The van der Waals surface area contributed by atoms with E-state index in [0.717, 1.165) is 16.5 Å². The maximum Gasteiger partial charge on any atom is 0.340 e. The van der Waals surface area contributed by atoms with Crippen LogP contribution in [0.15, 0.2) is 66.2 Å². The fourth-order valence-electron chi connectivity index (χ4n) is 2.89. The summed E-state index contributed by atoms with van der Waals surface area (Å²) in [4.78, 5) is 16.2. The van der Waals surface area contributed by atoms with Crippen LogP contribution in [-0.2, 0) is 0 Å². The van der Waals surface area contributed by atoms with Crippen molar-refractivity contribution in [1.82, 2.24) is 4.57 Å². The van der Waals surface area contributed by atoms with Crippen LogP contribution >= 0.6 is 0 Å². The van der Waals surface area contributed by atoms with Gasteiger partial charge in [0.2, 0.25) is 0 Å². The average molecular weight is 304 g/mol. The first kappa shape index (κ1) is 14.8. The second kappa shape index (κ2) is 5.93. The molecule has 2 aromatic carbocycles. The van der Waals surface area contributed by atoms with Crippen LogP contribution in [0.1, 0.15) is 10.4 Å². The molecule has 0 unspecified atom stereocenters. The topological polar surface area (TPSA) is 54.6 Å². The highest BCUT2D eigenvalue weighted by atomic mass is 16.4. The molecule has 0 aliphatic rings. The molecule has 1 N–H and O–H groups in total. The Labute approximate surface area is 133 Å². The maximum absolute atomic E-state index is 12.0. The highest BCUT2D eigenvalue weighted by Gasteiger charge is 2.20. The third-order valence-corrected chi connectivity index (χ3v) is 3.81. The molecule has 0 radical (unpaired) electrons. The minimum absolute atomic E-state index is 0.178. The lowest BCUT2D eigenvalue weighted by Gasteiger charge is -2.16. The quantitative estimate of drug-likeness (QED) is 0.803. The van der Waals surface area contributed by atoms with E-state index in [-0.39, 0.29) is 5.56 Å². The molecule has 3 rings (SSSR count). The van der Waals surface area contributed by atoms with Crippen LogP contribution in [-0.4, -0.2) is 22.7 Å². The Morgan fingerprint density at radius 2 is 1.78 bits per heavy atom. The first-order chi connectivity index (χ1) is 11.2. The highest BCUT2D eigenvalue weighted by Crippen LogP contribution is 2.30. The Morgan fingerprint density at radius 3 is 2.39 bits per heavy atom. The summed E-state index contributed by atoms with van der Waals surface area (Å²) in [6.45, 7) is 3.80. The zero-order valence-electron chi connectivity index (χ0n) is 12.7. The molecule has 0 saturated heterocycles. The SMILES string of the molecule is C=Cn1c(=NC)c(C(=O)O)c(-c2ccccc2)c2ccccc21. The third-order valence-electron chi connectivity index (χ3n) is 3.81. The fourth-order valence-corrected chi connectivity index (χ4v) is 2.89. The van der Waals surface area contributed by atoms with Crippen LogP contribution < -0.4 is 5.49 Å². The van der Waals surface area contributed by atoms with Crippen LogP contribution in [0.25, 0.3) is 28.2 Å². The number of aromatic nitrogens is 1. The summed E-state index contributed by atoms with van der Waals surface area (Å²) in [5.74, 6) is -1.01. The van der Waals surface area contributed by atoms with Crippen molar-refractivity contribution in [2.45, 2.75) is 0 Å². The van der Waals surface area contributed by atoms with E-state index in [2.05, 4.69) is 11.6 Å². The number of nitrogens with zero attached hydrogens (tertiary/aromatic N) is 2. The van der Waals surface area contributed by atoms with E-state index in [0.29, 0.717) is 11.1 Å². The molecule has 4 heteroatoms. The van der Waals surface area contributed by atoms with Crippen LogP contribution in [0.3, 0.4) is 0 Å². The summed E-state index contributed by atoms with van der Waals surface area (Å²) in [6, 6.07) is 17.2. The zero-order chi connectivity index (χ0) is 16.4. The van der Waals surface area contributed by atoms with Crippen molar-refractivity contribution < 1.29 is 9.90 Å². The van der Waals surface area contributed by atoms with Crippen molar-refractivity contribution in [3.63, 3.8) is 0 Å². The van der Waals surface area contributed by atoms with Gasteiger partial charge in [0.05, 0.1) is 5.52 Å². The smallest absolute Gasteiger partial charge is 0.340 e. The van der Waals surface area contributed by atoms with Crippen molar-refractivity contribution in [1.29, 1.82) is 0 Å². The normalized spacial score (nSPS) is 11.6. The fraction of sp³-hybridized carbons (Fsp3) is 0.0526. The molecule has 1 heterocycles. The Bertz CT molecular complexity index is 970. The van der Waals surface area contributed by atoms with Crippen molar-refractivity contribution in [2.24, 2.45) is 4.99 Å². The van der Waals surface area contributed by atoms with E-state index < -0.39 is 5.97 Å². The number of carboxylic acids is 1. The van der Waals surface area contributed by atoms with Gasteiger partial charge in [-0.2, -0.15) is 0 Å². The molecule has 3 aromatic rings. The average Bonchev–Trinajstić information content (AvgIpc) is 2.60. The predicted octanol–water partition coefficient (Wildman–Crippen LogP) is 3.64. The molecule has 0 saturated carbocycles. The molecule has 0 bridgehead atoms. The largest absolute Gasteiger partial charge is 0.478 e. The molecule has 0 spiro atoms. The molecule has 23 heavy (non-hydrogen) atoms. The van der Waals surface area contributed by atoms with Gasteiger partial charge in [0.15, 0.2) is 0 Å². The van der Waals surface area contributed by atoms with Gasteiger partial charge in [0, 0.05) is 24.2 Å². The number of hydrogen-bond acceptors (Lipinski definition) is 2. The Balaban J connectivity index is 2.64. The van der Waals surface area contributed by atoms with E-state index in [9.17, 15) is 9.90 Å². The van der Waals surface area contributed by atoms with Gasteiger partial charge < -0.3 is 9.67 Å². The standard InChI is InChI=1S/C19H16N2O2/c1-3-21-15-12-8-7-11-14(15)16(13-9-5-4-6-10-13)17(19(22)23)18(21)20-2/h3-12H,1H2,2H3,(H,22,23). The lowest BCUT2D eigenvalue weighted by atomic mass is 9.95. The third kappa shape index (κ3) is 2.34. The summed E-state index contributed by atoms with van der Waals surface area (Å²) in [6.07, 6.45) is 1.59. The monoisotopic (exact) mass is 304 g/mol. The number of fused-ring (bicyclic) bond motifs is 1. The molecule has 0 amide bonds. The highest BCUT2D eigenvalue weighted by molar-refractivity contribution is 6.06. The second-order valence-electron chi connectivity index (χ2n) is 5.04. The predicted molar refractivity (Wildman–Crippen MR) is 92.2 cm³/mol. The van der Waals surface area contributed by atoms with Gasteiger partial charge in [-0.15, -0.1) is 0 Å². The molecule has 1 aromatic heterocycles. The molecular weight excluding hydrogens is 288 g/mol. The van der Waals surface area contributed by atoms with Crippen LogP contribution in [0.2, 0.25) is 0 Å². The number of para-hydroxylation sites is 1. The molecular formula is C19H16N2O2. The maximum atomic E-state index is 12.0. The number of rotatable bonds is 3. The van der Waals surface area contributed by atoms with E-state index in [1.807, 2.05) is 54.6 Å². The molecule has 0 aliphatic carbocycles. The zero-order valence-corrected chi connectivity index (χ0v) is 12.7. The first-order valence-electron chi connectivity index (χ1n) is 7.20. The van der Waals surface area contributed by atoms with E-state index in [1.165, 1.54) is 0 Å². The minimum Gasteiger partial charge on any atom is -0.478 e. The number of aromatic carboxylic acids is 1. The van der Waals surface area contributed by atoms with Crippen molar-refractivity contribution in [3.05, 3.63) is 72.2 Å². The molecule has 0 atom stereocenters. The Kier molecular flexibility index (Phi) is 3.81. The molecule has 0 fully saturated rings. The van der Waals surface area contributed by atoms with Gasteiger partial charge >= 0.3 is 5.97 Å². The lowest BCUT2D eigenvalue weighted by Crippen LogP contribution is -2.26. The van der Waals surface area contributed by atoms with E-state index >= 15 is 0 Å². The number of carbonyl (C=O) groups is 1. The molecule has 4 nitrogen and oxygen atoms in total. The van der Waals surface area contributed by atoms with Gasteiger partial charge in [-0.1, -0.05) is 55.1 Å². The number of hydrogen-bond donors (Lipinski definition) is 1. The van der Waals surface area contributed by atoms with Crippen LogP contribution in [0, 0.1) is 0 Å². The number of carboxylic acid groups (broad SMARTS) is 1.